The number of benzene rings is 2. The highest BCUT2D eigenvalue weighted by Gasteiger charge is 2.07. The van der Waals surface area contributed by atoms with Gasteiger partial charge in [-0.25, -0.2) is 4.39 Å². The van der Waals surface area contributed by atoms with Gasteiger partial charge < -0.3 is 0 Å². The van der Waals surface area contributed by atoms with E-state index in [0.29, 0.717) is 12.8 Å². The van der Waals surface area contributed by atoms with Gasteiger partial charge >= 0.3 is 0 Å². The highest BCUT2D eigenvalue weighted by molar-refractivity contribution is 6.30. The van der Waals surface area contributed by atoms with Gasteiger partial charge in [-0.1, -0.05) is 47.5 Å². The zero-order chi connectivity index (χ0) is 14.5. The molecular weight excluding hydrogens is 275 g/mol. The summed E-state index contributed by atoms with van der Waals surface area (Å²) >= 11 is 5.70. The first kappa shape index (κ1) is 14.7. The smallest absolute Gasteiger partial charge is 0.141 e. The van der Waals surface area contributed by atoms with Gasteiger partial charge in [0, 0.05) is 12.8 Å². The third kappa shape index (κ3) is 4.17. The molecule has 2 aromatic carbocycles. The lowest BCUT2D eigenvalue weighted by molar-refractivity contribution is -0.118. The number of hydrogen-bond acceptors (Lipinski definition) is 1. The van der Waals surface area contributed by atoms with Crippen LogP contribution < -0.4 is 0 Å². The molecule has 2 aromatic rings. The Balaban J connectivity index is 1.89. The summed E-state index contributed by atoms with van der Waals surface area (Å²) in [6.07, 6.45) is 1.51. The van der Waals surface area contributed by atoms with E-state index >= 15 is 0 Å². The van der Waals surface area contributed by atoms with Crippen LogP contribution in [0.15, 0.2) is 42.5 Å². The van der Waals surface area contributed by atoms with Crippen LogP contribution in [0.4, 0.5) is 4.39 Å². The van der Waals surface area contributed by atoms with E-state index in [-0.39, 0.29) is 10.8 Å². The molecule has 0 unspecified atom stereocenters. The van der Waals surface area contributed by atoms with Crippen molar-refractivity contribution < 1.29 is 9.18 Å². The van der Waals surface area contributed by atoms with Gasteiger partial charge in [0.25, 0.3) is 0 Å². The molecule has 0 saturated heterocycles. The topological polar surface area (TPSA) is 17.1 Å². The molecule has 0 aliphatic carbocycles. The van der Waals surface area contributed by atoms with Crippen molar-refractivity contribution in [1.29, 1.82) is 0 Å². The predicted octanol–water partition coefficient (Wildman–Crippen LogP) is 4.53. The predicted molar refractivity (Wildman–Crippen MR) is 79.6 cm³/mol. The second-order valence-electron chi connectivity index (χ2n) is 4.95. The minimum absolute atomic E-state index is 0.0637. The second kappa shape index (κ2) is 6.67. The maximum atomic E-state index is 13.0. The Morgan fingerprint density at radius 3 is 2.40 bits per heavy atom. The molecular formula is C17H16ClFO. The molecule has 0 aromatic heterocycles. The number of rotatable bonds is 5. The second-order valence-corrected chi connectivity index (χ2v) is 5.36. The summed E-state index contributed by atoms with van der Waals surface area (Å²) in [7, 11) is 0. The van der Waals surface area contributed by atoms with E-state index < -0.39 is 5.82 Å². The van der Waals surface area contributed by atoms with Crippen molar-refractivity contribution >= 4 is 17.4 Å². The van der Waals surface area contributed by atoms with Gasteiger partial charge in [-0.15, -0.1) is 0 Å². The van der Waals surface area contributed by atoms with E-state index in [4.69, 9.17) is 11.6 Å². The van der Waals surface area contributed by atoms with Gasteiger partial charge in [0.15, 0.2) is 0 Å². The third-order valence-corrected chi connectivity index (χ3v) is 3.49. The van der Waals surface area contributed by atoms with E-state index in [1.807, 2.05) is 31.2 Å². The van der Waals surface area contributed by atoms with Crippen molar-refractivity contribution in [3.63, 3.8) is 0 Å². The van der Waals surface area contributed by atoms with Crippen LogP contribution in [0.5, 0.6) is 0 Å². The highest BCUT2D eigenvalue weighted by atomic mass is 35.5. The molecule has 0 bridgehead atoms. The first-order valence-electron chi connectivity index (χ1n) is 6.56. The van der Waals surface area contributed by atoms with E-state index in [0.717, 1.165) is 17.5 Å². The average molecular weight is 291 g/mol. The van der Waals surface area contributed by atoms with Gasteiger partial charge in [-0.2, -0.15) is 0 Å². The maximum absolute atomic E-state index is 13.0. The Morgan fingerprint density at radius 1 is 1.10 bits per heavy atom. The molecule has 0 saturated carbocycles. The molecule has 104 valence electrons. The molecule has 0 aliphatic rings. The summed E-state index contributed by atoms with van der Waals surface area (Å²) < 4.78 is 13.0. The average Bonchev–Trinajstić information content (AvgIpc) is 2.42. The van der Waals surface area contributed by atoms with Crippen LogP contribution in [0.2, 0.25) is 5.02 Å². The van der Waals surface area contributed by atoms with Gasteiger partial charge in [0.1, 0.15) is 11.6 Å². The number of carbonyl (C=O) groups excluding carboxylic acids is 1. The van der Waals surface area contributed by atoms with Crippen molar-refractivity contribution in [2.45, 2.75) is 26.2 Å². The SMILES string of the molecule is Cc1ccc(CCC(=O)Cc2ccc(F)c(Cl)c2)cc1. The molecule has 0 atom stereocenters. The lowest BCUT2D eigenvalue weighted by Crippen LogP contribution is -2.04. The number of hydrogen-bond donors (Lipinski definition) is 0. The fourth-order valence-electron chi connectivity index (χ4n) is 2.00. The van der Waals surface area contributed by atoms with E-state index in [1.54, 1.807) is 6.07 Å². The third-order valence-electron chi connectivity index (χ3n) is 3.20. The van der Waals surface area contributed by atoms with Crippen LogP contribution >= 0.6 is 11.6 Å². The molecule has 3 heteroatoms. The van der Waals surface area contributed by atoms with Gasteiger partial charge in [0.05, 0.1) is 5.02 Å². The Kier molecular flexibility index (Phi) is 4.91. The molecule has 0 N–H and O–H groups in total. The maximum Gasteiger partial charge on any atom is 0.141 e. The number of Topliss-reactive ketones (excluding diaryl/α,β-unsaturated/α-hetero) is 1. The van der Waals surface area contributed by atoms with Gasteiger partial charge in [-0.05, 0) is 36.6 Å². The summed E-state index contributed by atoms with van der Waals surface area (Å²) in [5, 5.41) is 0.0637. The Hall–Kier alpha value is -1.67. The molecule has 0 amide bonds. The van der Waals surface area contributed by atoms with Gasteiger partial charge in [0.2, 0.25) is 0 Å². The quantitative estimate of drug-likeness (QED) is 0.790. The lowest BCUT2D eigenvalue weighted by atomic mass is 10.0. The summed E-state index contributed by atoms with van der Waals surface area (Å²) in [5.41, 5.74) is 3.12. The van der Waals surface area contributed by atoms with Crippen molar-refractivity contribution in [3.05, 3.63) is 70.0 Å². The Bertz CT molecular complexity index is 605. The van der Waals surface area contributed by atoms with Crippen LogP contribution in [-0.4, -0.2) is 5.78 Å². The first-order chi connectivity index (χ1) is 9.54. The molecule has 1 nitrogen and oxygen atoms in total. The molecule has 2 rings (SSSR count). The summed E-state index contributed by atoms with van der Waals surface area (Å²) in [4.78, 5) is 11.9. The molecule has 20 heavy (non-hydrogen) atoms. The normalized spacial score (nSPS) is 10.6. The molecule has 0 spiro atoms. The Morgan fingerprint density at radius 2 is 1.75 bits per heavy atom. The number of carbonyl (C=O) groups is 1. The van der Waals surface area contributed by atoms with Crippen LogP contribution in [-0.2, 0) is 17.6 Å². The zero-order valence-electron chi connectivity index (χ0n) is 11.3. The minimum Gasteiger partial charge on any atom is -0.299 e. The van der Waals surface area contributed by atoms with Crippen LogP contribution in [0.25, 0.3) is 0 Å². The fourth-order valence-corrected chi connectivity index (χ4v) is 2.21. The van der Waals surface area contributed by atoms with Crippen molar-refractivity contribution in [2.24, 2.45) is 0 Å². The van der Waals surface area contributed by atoms with Crippen molar-refractivity contribution in [1.82, 2.24) is 0 Å². The number of aryl methyl sites for hydroxylation is 2. The molecule has 0 fully saturated rings. The van der Waals surface area contributed by atoms with E-state index in [1.165, 1.54) is 17.7 Å². The first-order valence-corrected chi connectivity index (χ1v) is 6.93. The molecule has 0 aliphatic heterocycles. The standard InChI is InChI=1S/C17H16ClFO/c1-12-2-4-13(5-3-12)6-8-15(20)10-14-7-9-17(19)16(18)11-14/h2-5,7,9,11H,6,8,10H2,1H3. The monoisotopic (exact) mass is 290 g/mol. The number of ketones is 1. The van der Waals surface area contributed by atoms with Crippen molar-refractivity contribution in [2.75, 3.05) is 0 Å². The van der Waals surface area contributed by atoms with Crippen LogP contribution in [0, 0.1) is 12.7 Å². The lowest BCUT2D eigenvalue weighted by Gasteiger charge is -2.04. The molecule has 0 radical (unpaired) electrons. The van der Waals surface area contributed by atoms with Crippen molar-refractivity contribution in [3.8, 4) is 0 Å². The largest absolute Gasteiger partial charge is 0.299 e. The summed E-state index contributed by atoms with van der Waals surface area (Å²) in [5.74, 6) is -0.323. The fraction of sp³-hybridized carbons (Fsp3) is 0.235. The Labute approximate surface area is 123 Å². The molecule has 0 heterocycles. The summed E-state index contributed by atoms with van der Waals surface area (Å²) in [6, 6.07) is 12.6. The van der Waals surface area contributed by atoms with E-state index in [2.05, 4.69) is 0 Å². The minimum atomic E-state index is -0.456. The van der Waals surface area contributed by atoms with Gasteiger partial charge in [-0.3, -0.25) is 4.79 Å². The van der Waals surface area contributed by atoms with Crippen LogP contribution in [0.3, 0.4) is 0 Å². The zero-order valence-corrected chi connectivity index (χ0v) is 12.1. The summed E-state index contributed by atoms with van der Waals surface area (Å²) in [6.45, 7) is 2.03. The van der Waals surface area contributed by atoms with Crippen LogP contribution in [0.1, 0.15) is 23.1 Å². The number of halogens is 2. The van der Waals surface area contributed by atoms with E-state index in [9.17, 15) is 9.18 Å². The highest BCUT2D eigenvalue weighted by Crippen LogP contribution is 2.17.